The summed E-state index contributed by atoms with van der Waals surface area (Å²) in [6.07, 6.45) is 2.32. The second-order valence-corrected chi connectivity index (χ2v) is 21.2. The van der Waals surface area contributed by atoms with E-state index in [4.69, 9.17) is 0 Å². The molecular formula is C59H59N. The van der Waals surface area contributed by atoms with E-state index in [2.05, 4.69) is 226 Å². The fraction of sp³-hybridized carbons (Fsp3) is 0.288. The normalized spacial score (nSPS) is 16.4. The highest BCUT2D eigenvalue weighted by Gasteiger charge is 2.52. The smallest absolute Gasteiger partial charge is 0.0726 e. The van der Waals surface area contributed by atoms with Gasteiger partial charge in [-0.15, -0.1) is 0 Å². The Kier molecular flexibility index (Phi) is 8.46. The summed E-state index contributed by atoms with van der Waals surface area (Å²) in [6, 6.07) is 58.7. The minimum absolute atomic E-state index is 0.00768. The predicted octanol–water partition coefficient (Wildman–Crippen LogP) is 16.1. The van der Waals surface area contributed by atoms with Gasteiger partial charge in [0, 0.05) is 16.9 Å². The van der Waals surface area contributed by atoms with E-state index < -0.39 is 5.41 Å². The molecule has 10 rings (SSSR count). The SMILES string of the molecule is CC(C)(C)c1ccc(N(c2ccc(C(C)(C)C)cc2)c2cc3c(cc2-c2cccc4c2C(C)(C)CCC4(C)C)-c2ccccc2C32c3ccccc3-c3ccccc32)cc1. The Morgan fingerprint density at radius 1 is 0.383 bits per heavy atom. The van der Waals surface area contributed by atoms with E-state index in [0.717, 1.165) is 17.8 Å². The lowest BCUT2D eigenvalue weighted by Gasteiger charge is -2.43. The van der Waals surface area contributed by atoms with E-state index in [1.54, 1.807) is 0 Å². The molecule has 3 aliphatic rings. The zero-order valence-corrected chi connectivity index (χ0v) is 37.3. The van der Waals surface area contributed by atoms with Gasteiger partial charge in [0.2, 0.25) is 0 Å². The van der Waals surface area contributed by atoms with Crippen LogP contribution in [-0.2, 0) is 27.1 Å². The average Bonchev–Trinajstić information content (AvgIpc) is 3.69. The Morgan fingerprint density at radius 2 is 0.800 bits per heavy atom. The monoisotopic (exact) mass is 781 g/mol. The highest BCUT2D eigenvalue weighted by Crippen LogP contribution is 2.64. The van der Waals surface area contributed by atoms with Crippen molar-refractivity contribution < 1.29 is 0 Å². The van der Waals surface area contributed by atoms with Crippen molar-refractivity contribution in [2.24, 2.45) is 0 Å². The third-order valence-electron chi connectivity index (χ3n) is 14.5. The van der Waals surface area contributed by atoms with Crippen LogP contribution in [0.25, 0.3) is 33.4 Å². The molecule has 0 fully saturated rings. The molecular weight excluding hydrogens is 723 g/mol. The first-order chi connectivity index (χ1) is 28.5. The molecule has 0 unspecified atom stereocenters. The van der Waals surface area contributed by atoms with Crippen molar-refractivity contribution in [2.45, 2.75) is 109 Å². The quantitative estimate of drug-likeness (QED) is 0.172. The molecule has 0 N–H and O–H groups in total. The van der Waals surface area contributed by atoms with Crippen LogP contribution in [0.4, 0.5) is 17.1 Å². The lowest BCUT2D eigenvalue weighted by molar-refractivity contribution is 0.333. The molecule has 0 aliphatic heterocycles. The summed E-state index contributed by atoms with van der Waals surface area (Å²) in [7, 11) is 0. The van der Waals surface area contributed by atoms with E-state index in [1.807, 2.05) is 0 Å². The Hall–Kier alpha value is -5.66. The molecule has 300 valence electrons. The van der Waals surface area contributed by atoms with E-state index in [1.165, 1.54) is 90.0 Å². The summed E-state index contributed by atoms with van der Waals surface area (Å²) in [5.74, 6) is 0. The first-order valence-corrected chi connectivity index (χ1v) is 22.2. The second kappa shape index (κ2) is 13.2. The van der Waals surface area contributed by atoms with Crippen LogP contribution in [0.3, 0.4) is 0 Å². The average molecular weight is 782 g/mol. The Morgan fingerprint density at radius 3 is 1.28 bits per heavy atom. The van der Waals surface area contributed by atoms with Crippen LogP contribution in [-0.4, -0.2) is 0 Å². The van der Waals surface area contributed by atoms with E-state index >= 15 is 0 Å². The highest BCUT2D eigenvalue weighted by molar-refractivity contribution is 6.00. The zero-order valence-electron chi connectivity index (χ0n) is 37.3. The molecule has 0 aromatic heterocycles. The van der Waals surface area contributed by atoms with Gasteiger partial charge in [0.1, 0.15) is 0 Å². The lowest BCUT2D eigenvalue weighted by Crippen LogP contribution is -2.34. The molecule has 60 heavy (non-hydrogen) atoms. The van der Waals surface area contributed by atoms with Crippen molar-refractivity contribution in [3.8, 4) is 33.4 Å². The molecule has 0 saturated heterocycles. The van der Waals surface area contributed by atoms with Gasteiger partial charge in [-0.1, -0.05) is 184 Å². The molecule has 0 saturated carbocycles. The van der Waals surface area contributed by atoms with Gasteiger partial charge in [-0.05, 0) is 143 Å². The first kappa shape index (κ1) is 38.5. The summed E-state index contributed by atoms with van der Waals surface area (Å²) in [4.78, 5) is 2.57. The van der Waals surface area contributed by atoms with Crippen molar-refractivity contribution in [2.75, 3.05) is 4.90 Å². The zero-order chi connectivity index (χ0) is 42.0. The summed E-state index contributed by atoms with van der Waals surface area (Å²) >= 11 is 0. The molecule has 0 bridgehead atoms. The number of hydrogen-bond donors (Lipinski definition) is 0. The van der Waals surface area contributed by atoms with Crippen molar-refractivity contribution in [1.29, 1.82) is 0 Å². The minimum atomic E-state index is -0.457. The summed E-state index contributed by atoms with van der Waals surface area (Å²) in [6.45, 7) is 23.7. The molecule has 0 heterocycles. The first-order valence-electron chi connectivity index (χ1n) is 22.2. The molecule has 7 aromatic rings. The van der Waals surface area contributed by atoms with Gasteiger partial charge >= 0.3 is 0 Å². The van der Waals surface area contributed by atoms with E-state index in [9.17, 15) is 0 Å². The molecule has 0 radical (unpaired) electrons. The largest absolute Gasteiger partial charge is 0.310 e. The van der Waals surface area contributed by atoms with Crippen LogP contribution >= 0.6 is 0 Å². The second-order valence-electron chi connectivity index (χ2n) is 21.2. The Bertz CT molecular complexity index is 2710. The fourth-order valence-corrected chi connectivity index (χ4v) is 11.1. The van der Waals surface area contributed by atoms with Crippen molar-refractivity contribution >= 4 is 17.1 Å². The van der Waals surface area contributed by atoms with Crippen LogP contribution in [0.5, 0.6) is 0 Å². The molecule has 0 atom stereocenters. The van der Waals surface area contributed by atoms with Gasteiger partial charge in [0.25, 0.3) is 0 Å². The van der Waals surface area contributed by atoms with Crippen molar-refractivity contribution in [3.05, 3.63) is 196 Å². The van der Waals surface area contributed by atoms with Crippen LogP contribution in [0.15, 0.2) is 152 Å². The fourth-order valence-electron chi connectivity index (χ4n) is 11.1. The number of rotatable bonds is 4. The maximum Gasteiger partial charge on any atom is 0.0726 e. The molecule has 3 aliphatic carbocycles. The number of hydrogen-bond acceptors (Lipinski definition) is 1. The van der Waals surface area contributed by atoms with Gasteiger partial charge in [-0.25, -0.2) is 0 Å². The van der Waals surface area contributed by atoms with Gasteiger partial charge in [0.05, 0.1) is 11.1 Å². The summed E-state index contributed by atoms with van der Waals surface area (Å²) < 4.78 is 0. The summed E-state index contributed by atoms with van der Waals surface area (Å²) in [5.41, 5.74) is 22.3. The predicted molar refractivity (Wildman–Crippen MR) is 256 cm³/mol. The van der Waals surface area contributed by atoms with Crippen LogP contribution in [0.1, 0.15) is 127 Å². The summed E-state index contributed by atoms with van der Waals surface area (Å²) in [5, 5.41) is 0. The number of nitrogens with zero attached hydrogens (tertiary/aromatic N) is 1. The lowest BCUT2D eigenvalue weighted by atomic mass is 9.61. The Balaban J connectivity index is 1.35. The topological polar surface area (TPSA) is 3.24 Å². The molecule has 1 spiro atoms. The van der Waals surface area contributed by atoms with Gasteiger partial charge in [-0.2, -0.15) is 0 Å². The molecule has 1 nitrogen and oxygen atoms in total. The van der Waals surface area contributed by atoms with Crippen molar-refractivity contribution in [3.63, 3.8) is 0 Å². The minimum Gasteiger partial charge on any atom is -0.310 e. The van der Waals surface area contributed by atoms with E-state index in [0.29, 0.717) is 0 Å². The number of fused-ring (bicyclic) bond motifs is 11. The third kappa shape index (κ3) is 5.64. The molecule has 7 aromatic carbocycles. The Labute approximate surface area is 359 Å². The maximum atomic E-state index is 2.61. The van der Waals surface area contributed by atoms with Crippen LogP contribution in [0.2, 0.25) is 0 Å². The number of benzene rings is 7. The third-order valence-corrected chi connectivity index (χ3v) is 14.5. The van der Waals surface area contributed by atoms with Gasteiger partial charge in [-0.3, -0.25) is 0 Å². The van der Waals surface area contributed by atoms with Crippen LogP contribution in [0, 0.1) is 0 Å². The molecule has 1 heteroatoms. The van der Waals surface area contributed by atoms with Gasteiger partial charge < -0.3 is 4.90 Å². The van der Waals surface area contributed by atoms with Gasteiger partial charge in [0.15, 0.2) is 0 Å². The standard InChI is InChI=1S/C59H59N/c1-55(2,3)38-26-30-40(31-27-38)60(41-32-28-39(29-33-41)56(4,5)6)53-37-52-46(36-47(53)45-21-17-25-51-54(45)58(9,10)35-34-57(51,7)8)44-20-13-16-24-50(44)59(52)48-22-14-11-18-42(48)43-19-12-15-23-49(43)59/h11-33,36-37H,34-35H2,1-10H3. The number of anilines is 3. The van der Waals surface area contributed by atoms with Crippen LogP contribution < -0.4 is 4.90 Å². The van der Waals surface area contributed by atoms with Crippen molar-refractivity contribution in [1.82, 2.24) is 0 Å². The molecule has 0 amide bonds. The maximum absolute atomic E-state index is 2.61. The highest BCUT2D eigenvalue weighted by atomic mass is 15.1. The van der Waals surface area contributed by atoms with E-state index in [-0.39, 0.29) is 21.7 Å².